The SMILES string of the molecule is CCOC(=O)Cn1nc(C)c(NC(=O)c2ccccc2OCC)c1C. The van der Waals surface area contributed by atoms with Crippen molar-refractivity contribution >= 4 is 17.6 Å². The molecule has 1 heterocycles. The second-order valence-corrected chi connectivity index (χ2v) is 5.39. The number of amides is 1. The third-order valence-electron chi connectivity index (χ3n) is 3.64. The molecular formula is C18H23N3O4. The molecule has 2 rings (SSSR count). The molecule has 134 valence electrons. The lowest BCUT2D eigenvalue weighted by Crippen LogP contribution is -2.17. The van der Waals surface area contributed by atoms with E-state index in [0.717, 1.165) is 0 Å². The summed E-state index contributed by atoms with van der Waals surface area (Å²) in [5.74, 6) is -0.129. The Labute approximate surface area is 146 Å². The van der Waals surface area contributed by atoms with Crippen molar-refractivity contribution in [3.8, 4) is 5.75 Å². The van der Waals surface area contributed by atoms with E-state index in [2.05, 4.69) is 10.4 Å². The molecule has 25 heavy (non-hydrogen) atoms. The van der Waals surface area contributed by atoms with Gasteiger partial charge in [-0.15, -0.1) is 0 Å². The van der Waals surface area contributed by atoms with E-state index in [1.165, 1.54) is 4.68 Å². The standard InChI is InChI=1S/C18H23N3O4/c1-5-24-15-10-8-7-9-14(15)18(23)19-17-12(3)20-21(13(17)4)11-16(22)25-6-2/h7-10H,5-6,11H2,1-4H3,(H,19,23). The number of anilines is 1. The Morgan fingerprint density at radius 2 is 1.88 bits per heavy atom. The number of carbonyl (C=O) groups is 2. The van der Waals surface area contributed by atoms with Crippen LogP contribution in [0.3, 0.4) is 0 Å². The molecule has 7 heteroatoms. The van der Waals surface area contributed by atoms with Gasteiger partial charge in [-0.2, -0.15) is 5.10 Å². The normalized spacial score (nSPS) is 10.4. The number of hydrogen-bond acceptors (Lipinski definition) is 5. The smallest absolute Gasteiger partial charge is 0.327 e. The lowest BCUT2D eigenvalue weighted by Gasteiger charge is -2.11. The van der Waals surface area contributed by atoms with Crippen molar-refractivity contribution < 1.29 is 19.1 Å². The molecule has 0 unspecified atom stereocenters. The largest absolute Gasteiger partial charge is 0.493 e. The number of aromatic nitrogens is 2. The van der Waals surface area contributed by atoms with Gasteiger partial charge in [0.1, 0.15) is 12.3 Å². The van der Waals surface area contributed by atoms with Crippen molar-refractivity contribution in [3.05, 3.63) is 41.2 Å². The second-order valence-electron chi connectivity index (χ2n) is 5.39. The van der Waals surface area contributed by atoms with Crippen LogP contribution in [0.1, 0.15) is 35.6 Å². The van der Waals surface area contributed by atoms with Gasteiger partial charge in [-0.25, -0.2) is 0 Å². The van der Waals surface area contributed by atoms with Gasteiger partial charge in [-0.3, -0.25) is 14.3 Å². The molecule has 0 aliphatic heterocycles. The zero-order valence-electron chi connectivity index (χ0n) is 15.0. The summed E-state index contributed by atoms with van der Waals surface area (Å²) in [6.07, 6.45) is 0. The molecule has 0 aliphatic carbocycles. The molecule has 0 atom stereocenters. The van der Waals surface area contributed by atoms with E-state index in [1.807, 2.05) is 13.0 Å². The summed E-state index contributed by atoms with van der Waals surface area (Å²) in [6.45, 7) is 7.98. The number of para-hydroxylation sites is 1. The fourth-order valence-electron chi connectivity index (χ4n) is 2.48. The molecule has 0 fully saturated rings. The van der Waals surface area contributed by atoms with E-state index in [4.69, 9.17) is 9.47 Å². The Bertz CT molecular complexity index is 768. The highest BCUT2D eigenvalue weighted by Gasteiger charge is 2.19. The number of aryl methyl sites for hydroxylation is 1. The molecule has 0 saturated heterocycles. The number of rotatable bonds is 7. The maximum absolute atomic E-state index is 12.6. The number of nitrogens with one attached hydrogen (secondary N) is 1. The van der Waals surface area contributed by atoms with Crippen molar-refractivity contribution in [2.45, 2.75) is 34.2 Å². The van der Waals surface area contributed by atoms with E-state index < -0.39 is 0 Å². The number of ether oxygens (including phenoxy) is 2. The van der Waals surface area contributed by atoms with Crippen LogP contribution in [0.25, 0.3) is 0 Å². The number of nitrogens with zero attached hydrogens (tertiary/aromatic N) is 2. The topological polar surface area (TPSA) is 82.5 Å². The molecule has 1 aromatic heterocycles. The lowest BCUT2D eigenvalue weighted by molar-refractivity contribution is -0.144. The number of hydrogen-bond donors (Lipinski definition) is 1. The molecule has 1 amide bonds. The van der Waals surface area contributed by atoms with Gasteiger partial charge in [0.15, 0.2) is 0 Å². The van der Waals surface area contributed by atoms with E-state index in [1.54, 1.807) is 39.0 Å². The summed E-state index contributed by atoms with van der Waals surface area (Å²) in [6, 6.07) is 7.05. The molecule has 0 radical (unpaired) electrons. The Kier molecular flexibility index (Phi) is 6.16. The summed E-state index contributed by atoms with van der Waals surface area (Å²) in [7, 11) is 0. The first-order valence-corrected chi connectivity index (χ1v) is 8.20. The number of benzene rings is 1. The Balaban J connectivity index is 2.22. The predicted octanol–water partition coefficient (Wildman–Crippen LogP) is 2.71. The van der Waals surface area contributed by atoms with Crippen LogP contribution < -0.4 is 10.1 Å². The van der Waals surface area contributed by atoms with Crippen LogP contribution in [0.15, 0.2) is 24.3 Å². The predicted molar refractivity (Wildman–Crippen MR) is 93.9 cm³/mol. The summed E-state index contributed by atoms with van der Waals surface area (Å²) in [5.41, 5.74) is 2.35. The van der Waals surface area contributed by atoms with Gasteiger partial charge < -0.3 is 14.8 Å². The maximum atomic E-state index is 12.6. The van der Waals surface area contributed by atoms with Crippen LogP contribution in [-0.4, -0.2) is 34.9 Å². The Morgan fingerprint density at radius 1 is 1.16 bits per heavy atom. The van der Waals surface area contributed by atoms with Crippen molar-refractivity contribution in [1.82, 2.24) is 9.78 Å². The van der Waals surface area contributed by atoms with E-state index in [9.17, 15) is 9.59 Å². The quantitative estimate of drug-likeness (QED) is 0.780. The first kappa shape index (κ1) is 18.5. The highest BCUT2D eigenvalue weighted by Crippen LogP contribution is 2.23. The van der Waals surface area contributed by atoms with Gasteiger partial charge in [0.05, 0.1) is 35.9 Å². The minimum absolute atomic E-state index is 0.00587. The van der Waals surface area contributed by atoms with Crippen molar-refractivity contribution in [2.24, 2.45) is 0 Å². The van der Waals surface area contributed by atoms with Crippen LogP contribution in [-0.2, 0) is 16.1 Å². The zero-order chi connectivity index (χ0) is 18.4. The average molecular weight is 345 g/mol. The molecule has 0 aliphatic rings. The third-order valence-corrected chi connectivity index (χ3v) is 3.64. The molecule has 0 saturated carbocycles. The monoisotopic (exact) mass is 345 g/mol. The molecule has 0 spiro atoms. The summed E-state index contributed by atoms with van der Waals surface area (Å²) in [4.78, 5) is 24.3. The molecule has 0 bridgehead atoms. The van der Waals surface area contributed by atoms with Gasteiger partial charge in [0.25, 0.3) is 5.91 Å². The van der Waals surface area contributed by atoms with Gasteiger partial charge in [-0.05, 0) is 39.8 Å². The van der Waals surface area contributed by atoms with E-state index >= 15 is 0 Å². The van der Waals surface area contributed by atoms with Crippen LogP contribution in [0.5, 0.6) is 5.75 Å². The summed E-state index contributed by atoms with van der Waals surface area (Å²) < 4.78 is 12.0. The highest BCUT2D eigenvalue weighted by molar-refractivity contribution is 6.06. The Morgan fingerprint density at radius 3 is 2.56 bits per heavy atom. The molecule has 1 aromatic carbocycles. The number of esters is 1. The molecule has 1 N–H and O–H groups in total. The van der Waals surface area contributed by atoms with E-state index in [-0.39, 0.29) is 18.4 Å². The summed E-state index contributed by atoms with van der Waals surface area (Å²) >= 11 is 0. The van der Waals surface area contributed by atoms with Crippen LogP contribution in [0.2, 0.25) is 0 Å². The fraction of sp³-hybridized carbons (Fsp3) is 0.389. The van der Waals surface area contributed by atoms with Gasteiger partial charge in [0, 0.05) is 0 Å². The maximum Gasteiger partial charge on any atom is 0.327 e. The molecular weight excluding hydrogens is 322 g/mol. The first-order chi connectivity index (χ1) is 12.0. The minimum atomic E-state index is -0.368. The Hall–Kier alpha value is -2.83. The zero-order valence-corrected chi connectivity index (χ0v) is 15.0. The lowest BCUT2D eigenvalue weighted by atomic mass is 10.1. The number of carbonyl (C=O) groups excluding carboxylic acids is 2. The van der Waals surface area contributed by atoms with Gasteiger partial charge in [-0.1, -0.05) is 12.1 Å². The van der Waals surface area contributed by atoms with Crippen molar-refractivity contribution in [1.29, 1.82) is 0 Å². The van der Waals surface area contributed by atoms with Gasteiger partial charge in [0.2, 0.25) is 0 Å². The van der Waals surface area contributed by atoms with Crippen LogP contribution in [0.4, 0.5) is 5.69 Å². The first-order valence-electron chi connectivity index (χ1n) is 8.20. The minimum Gasteiger partial charge on any atom is -0.493 e. The van der Waals surface area contributed by atoms with Crippen molar-refractivity contribution in [3.63, 3.8) is 0 Å². The molecule has 7 nitrogen and oxygen atoms in total. The third kappa shape index (κ3) is 4.37. The fourth-order valence-corrected chi connectivity index (χ4v) is 2.48. The molecule has 2 aromatic rings. The van der Waals surface area contributed by atoms with Crippen LogP contribution >= 0.6 is 0 Å². The highest BCUT2D eigenvalue weighted by atomic mass is 16.5. The van der Waals surface area contributed by atoms with Gasteiger partial charge >= 0.3 is 5.97 Å². The van der Waals surface area contributed by atoms with Crippen molar-refractivity contribution in [2.75, 3.05) is 18.5 Å². The average Bonchev–Trinajstić information content (AvgIpc) is 2.83. The second kappa shape index (κ2) is 8.32. The summed E-state index contributed by atoms with van der Waals surface area (Å²) in [5, 5.41) is 7.17. The van der Waals surface area contributed by atoms with Crippen LogP contribution in [0, 0.1) is 13.8 Å². The van der Waals surface area contributed by atoms with E-state index in [0.29, 0.717) is 41.6 Å².